The average molecular weight is 343 g/mol. The summed E-state index contributed by atoms with van der Waals surface area (Å²) in [4.78, 5) is 29.1. The van der Waals surface area contributed by atoms with Crippen molar-refractivity contribution in [1.29, 1.82) is 0 Å². The monoisotopic (exact) mass is 343 g/mol. The molecule has 0 atom stereocenters. The highest BCUT2D eigenvalue weighted by Crippen LogP contribution is 2.17. The van der Waals surface area contributed by atoms with E-state index in [1.165, 1.54) is 29.0 Å². The van der Waals surface area contributed by atoms with Gasteiger partial charge >= 0.3 is 5.69 Å². The molecule has 2 N–H and O–H groups in total. The first-order valence-corrected chi connectivity index (χ1v) is 8.00. The zero-order chi connectivity index (χ0) is 18.4. The highest BCUT2D eigenvalue weighted by Gasteiger charge is 2.16. The van der Waals surface area contributed by atoms with E-state index in [2.05, 4.69) is 11.6 Å². The van der Waals surface area contributed by atoms with Gasteiger partial charge in [-0.2, -0.15) is 0 Å². The van der Waals surface area contributed by atoms with Crippen LogP contribution in [0.1, 0.15) is 25.3 Å². The average Bonchev–Trinajstić information content (AvgIpc) is 2.60. The maximum absolute atomic E-state index is 12.5. The van der Waals surface area contributed by atoms with Crippen LogP contribution in [-0.4, -0.2) is 25.6 Å². The lowest BCUT2D eigenvalue weighted by Crippen LogP contribution is -2.41. The Morgan fingerprint density at radius 1 is 1.16 bits per heavy atom. The molecule has 0 radical (unpaired) electrons. The molecule has 2 aromatic rings. The molecule has 7 nitrogen and oxygen atoms in total. The van der Waals surface area contributed by atoms with Gasteiger partial charge in [0.2, 0.25) is 5.88 Å². The molecule has 0 aliphatic rings. The van der Waals surface area contributed by atoms with Crippen molar-refractivity contribution < 1.29 is 10.2 Å². The summed E-state index contributed by atoms with van der Waals surface area (Å²) in [5.74, 6) is -0.297. The molecule has 0 saturated heterocycles. The molecule has 25 heavy (non-hydrogen) atoms. The minimum atomic E-state index is -0.627. The Hall–Kier alpha value is -3.09. The third-order valence-corrected chi connectivity index (χ3v) is 3.67. The van der Waals surface area contributed by atoms with E-state index < -0.39 is 17.1 Å². The Labute approximate surface area is 144 Å². The zero-order valence-corrected chi connectivity index (χ0v) is 14.1. The quantitative estimate of drug-likeness (QED) is 0.595. The summed E-state index contributed by atoms with van der Waals surface area (Å²) in [5, 5.41) is 19.7. The topological polar surface area (TPSA) is 96.8 Å². The summed E-state index contributed by atoms with van der Waals surface area (Å²) in [6.07, 6.45) is 4.20. The Morgan fingerprint density at radius 3 is 2.44 bits per heavy atom. The van der Waals surface area contributed by atoms with Gasteiger partial charge in [0, 0.05) is 19.3 Å². The van der Waals surface area contributed by atoms with Gasteiger partial charge in [-0.1, -0.05) is 19.4 Å². The van der Waals surface area contributed by atoms with Crippen LogP contribution in [0.15, 0.2) is 51.5 Å². The van der Waals surface area contributed by atoms with Crippen LogP contribution in [0.3, 0.4) is 0 Å². The number of benzene rings is 1. The van der Waals surface area contributed by atoms with E-state index in [0.29, 0.717) is 18.7 Å². The molecule has 0 bridgehead atoms. The van der Waals surface area contributed by atoms with Crippen LogP contribution in [0.4, 0.5) is 5.69 Å². The standard InChI is InChI=1S/C18H21N3O4/c1-3-5-11-21-17(24)15(16(23)20(10-4-2)18(21)25)12-19-13-6-8-14(22)9-7-13/h4,6-9,12,22,24H,2-3,5,10-11H2,1H3. The molecule has 132 valence electrons. The second-order valence-electron chi connectivity index (χ2n) is 5.50. The van der Waals surface area contributed by atoms with Crippen LogP contribution in [0.25, 0.3) is 0 Å². The maximum Gasteiger partial charge on any atom is 0.334 e. The summed E-state index contributed by atoms with van der Waals surface area (Å²) in [7, 11) is 0. The largest absolute Gasteiger partial charge is 0.508 e. The predicted molar refractivity (Wildman–Crippen MR) is 97.1 cm³/mol. The number of aromatic hydroxyl groups is 2. The lowest BCUT2D eigenvalue weighted by Gasteiger charge is -2.13. The fraction of sp³-hybridized carbons (Fsp3) is 0.278. The molecule has 0 unspecified atom stereocenters. The molecule has 2 rings (SSSR count). The Bertz CT molecular complexity index is 892. The van der Waals surface area contributed by atoms with E-state index in [1.54, 1.807) is 12.1 Å². The second kappa shape index (κ2) is 8.14. The molecule has 0 spiro atoms. The number of phenols is 1. The Balaban J connectivity index is 2.56. The van der Waals surface area contributed by atoms with Crippen molar-refractivity contribution in [1.82, 2.24) is 9.13 Å². The van der Waals surface area contributed by atoms with Gasteiger partial charge in [-0.15, -0.1) is 6.58 Å². The number of rotatable bonds is 7. The molecule has 1 aromatic heterocycles. The van der Waals surface area contributed by atoms with Crippen molar-refractivity contribution in [2.45, 2.75) is 32.9 Å². The summed E-state index contributed by atoms with van der Waals surface area (Å²) in [5.41, 5.74) is -0.765. The van der Waals surface area contributed by atoms with E-state index in [-0.39, 0.29) is 17.9 Å². The van der Waals surface area contributed by atoms with Crippen molar-refractivity contribution in [3.63, 3.8) is 0 Å². The van der Waals surface area contributed by atoms with Gasteiger partial charge in [0.1, 0.15) is 11.3 Å². The van der Waals surface area contributed by atoms with E-state index >= 15 is 0 Å². The van der Waals surface area contributed by atoms with E-state index in [0.717, 1.165) is 11.0 Å². The summed E-state index contributed by atoms with van der Waals surface area (Å²) in [6, 6.07) is 6.06. The first-order chi connectivity index (χ1) is 12.0. The smallest absolute Gasteiger partial charge is 0.334 e. The predicted octanol–water partition coefficient (Wildman–Crippen LogP) is 2.16. The van der Waals surface area contributed by atoms with Gasteiger partial charge in [-0.3, -0.25) is 18.9 Å². The van der Waals surface area contributed by atoms with Gasteiger partial charge in [0.25, 0.3) is 5.56 Å². The number of aromatic nitrogens is 2. The normalized spacial score (nSPS) is 11.1. The van der Waals surface area contributed by atoms with Crippen LogP contribution in [0.2, 0.25) is 0 Å². The van der Waals surface area contributed by atoms with Crippen molar-refractivity contribution in [3.05, 3.63) is 63.3 Å². The fourth-order valence-corrected chi connectivity index (χ4v) is 2.31. The third kappa shape index (κ3) is 4.06. The van der Waals surface area contributed by atoms with Crippen molar-refractivity contribution in [2.75, 3.05) is 0 Å². The van der Waals surface area contributed by atoms with Crippen molar-refractivity contribution in [3.8, 4) is 11.6 Å². The molecule has 0 saturated carbocycles. The number of hydrogen-bond acceptors (Lipinski definition) is 5. The molecule has 7 heteroatoms. The number of allylic oxidation sites excluding steroid dienone is 1. The highest BCUT2D eigenvalue weighted by molar-refractivity contribution is 5.84. The SMILES string of the molecule is C=CCn1c(=O)c(C=Nc2ccc(O)cc2)c(O)n(CCCC)c1=O. The number of aliphatic imine (C=N–C) groups is 1. The molecule has 0 amide bonds. The van der Waals surface area contributed by atoms with E-state index in [9.17, 15) is 19.8 Å². The van der Waals surface area contributed by atoms with Gasteiger partial charge in [-0.05, 0) is 30.7 Å². The molecule has 0 fully saturated rings. The van der Waals surface area contributed by atoms with Crippen LogP contribution in [0.5, 0.6) is 11.6 Å². The van der Waals surface area contributed by atoms with Gasteiger partial charge in [0.15, 0.2) is 0 Å². The molecular formula is C18H21N3O4. The molecule has 0 aliphatic carbocycles. The van der Waals surface area contributed by atoms with Crippen molar-refractivity contribution in [2.24, 2.45) is 4.99 Å². The first-order valence-electron chi connectivity index (χ1n) is 8.00. The Kier molecular flexibility index (Phi) is 5.94. The third-order valence-electron chi connectivity index (χ3n) is 3.67. The van der Waals surface area contributed by atoms with Gasteiger partial charge in [0.05, 0.1) is 5.69 Å². The Morgan fingerprint density at radius 2 is 1.84 bits per heavy atom. The fourth-order valence-electron chi connectivity index (χ4n) is 2.31. The van der Waals surface area contributed by atoms with Crippen LogP contribution in [-0.2, 0) is 13.1 Å². The minimum Gasteiger partial charge on any atom is -0.508 e. The van der Waals surface area contributed by atoms with Crippen molar-refractivity contribution >= 4 is 11.9 Å². The van der Waals surface area contributed by atoms with Gasteiger partial charge in [-0.25, -0.2) is 4.79 Å². The van der Waals surface area contributed by atoms with E-state index in [4.69, 9.17) is 0 Å². The summed E-state index contributed by atoms with van der Waals surface area (Å²) >= 11 is 0. The second-order valence-corrected chi connectivity index (χ2v) is 5.50. The summed E-state index contributed by atoms with van der Waals surface area (Å²) < 4.78 is 2.19. The van der Waals surface area contributed by atoms with Crippen LogP contribution in [0, 0.1) is 0 Å². The molecule has 1 heterocycles. The zero-order valence-electron chi connectivity index (χ0n) is 14.1. The van der Waals surface area contributed by atoms with Crippen LogP contribution >= 0.6 is 0 Å². The molecule has 1 aromatic carbocycles. The molecule has 0 aliphatic heterocycles. The van der Waals surface area contributed by atoms with E-state index in [1.807, 2.05) is 6.92 Å². The maximum atomic E-state index is 12.5. The summed E-state index contributed by atoms with van der Waals surface area (Å²) in [6.45, 7) is 5.87. The van der Waals surface area contributed by atoms with Crippen LogP contribution < -0.4 is 11.2 Å². The lowest BCUT2D eigenvalue weighted by molar-refractivity contribution is 0.385. The number of unbranched alkanes of at least 4 members (excludes halogenated alkanes) is 1. The number of hydrogen-bond donors (Lipinski definition) is 2. The highest BCUT2D eigenvalue weighted by atomic mass is 16.3. The number of phenolic OH excluding ortho intramolecular Hbond substituents is 1. The minimum absolute atomic E-state index is 0.0458. The first kappa shape index (κ1) is 18.3. The number of nitrogens with zero attached hydrogens (tertiary/aromatic N) is 3. The lowest BCUT2D eigenvalue weighted by atomic mass is 10.3. The molecular weight excluding hydrogens is 322 g/mol. The van der Waals surface area contributed by atoms with Gasteiger partial charge < -0.3 is 10.2 Å².